The first-order chi connectivity index (χ1) is 12.5. The summed E-state index contributed by atoms with van der Waals surface area (Å²) in [4.78, 5) is 41.4. The third-order valence-electron chi connectivity index (χ3n) is 3.60. The van der Waals surface area contributed by atoms with E-state index < -0.39 is 23.1 Å². The van der Waals surface area contributed by atoms with E-state index in [1.807, 2.05) is 0 Å². The van der Waals surface area contributed by atoms with Crippen LogP contribution in [0.1, 0.15) is 15.9 Å². The number of carboxylic acids is 1. The number of benzene rings is 2. The smallest absolute Gasteiger partial charge is 0.337 e. The molecule has 2 aromatic carbocycles. The first-order valence-electron chi connectivity index (χ1n) is 7.49. The van der Waals surface area contributed by atoms with Crippen LogP contribution in [0.3, 0.4) is 0 Å². The number of nitrogens with one attached hydrogen (secondary N) is 1. The molecule has 0 spiro atoms. The van der Waals surface area contributed by atoms with Crippen molar-refractivity contribution in [3.63, 3.8) is 0 Å². The van der Waals surface area contributed by atoms with Crippen molar-refractivity contribution in [3.8, 4) is 11.6 Å². The van der Waals surface area contributed by atoms with Gasteiger partial charge in [0.15, 0.2) is 0 Å². The molecular formula is C18H13N3O5. The fraction of sp³-hybridized carbons (Fsp3) is 0. The Morgan fingerprint density at radius 1 is 1.04 bits per heavy atom. The number of aliphatic imine (C=N–C) groups is 1. The van der Waals surface area contributed by atoms with Gasteiger partial charge in [-0.3, -0.25) is 14.8 Å². The summed E-state index contributed by atoms with van der Waals surface area (Å²) in [6.45, 7) is 0. The van der Waals surface area contributed by atoms with Gasteiger partial charge in [-0.15, -0.1) is 0 Å². The predicted octanol–water partition coefficient (Wildman–Crippen LogP) is 1.68. The monoisotopic (exact) mass is 351 g/mol. The van der Waals surface area contributed by atoms with Gasteiger partial charge in [0.1, 0.15) is 5.56 Å². The van der Waals surface area contributed by atoms with Gasteiger partial charge in [-0.25, -0.2) is 14.2 Å². The zero-order valence-corrected chi connectivity index (χ0v) is 13.3. The van der Waals surface area contributed by atoms with Crippen LogP contribution in [0.4, 0.5) is 5.69 Å². The summed E-state index contributed by atoms with van der Waals surface area (Å²) in [5, 5.41) is 19.6. The van der Waals surface area contributed by atoms with Gasteiger partial charge in [-0.1, -0.05) is 30.3 Å². The molecule has 8 heteroatoms. The average Bonchev–Trinajstić information content (AvgIpc) is 2.62. The highest BCUT2D eigenvalue weighted by molar-refractivity contribution is 5.95. The number of aromatic hydroxyl groups is 1. The van der Waals surface area contributed by atoms with Crippen LogP contribution in [0.15, 0.2) is 69.2 Å². The number of carbonyl (C=O) groups is 1. The number of hydrogen-bond acceptors (Lipinski definition) is 5. The first-order valence-corrected chi connectivity index (χ1v) is 7.49. The molecule has 0 radical (unpaired) electrons. The number of hydrogen-bond donors (Lipinski definition) is 3. The van der Waals surface area contributed by atoms with Crippen LogP contribution in [0.2, 0.25) is 0 Å². The fourth-order valence-corrected chi connectivity index (χ4v) is 2.37. The Bertz CT molecular complexity index is 1110. The van der Waals surface area contributed by atoms with E-state index in [0.29, 0.717) is 5.69 Å². The van der Waals surface area contributed by atoms with Gasteiger partial charge in [0.05, 0.1) is 16.9 Å². The number of aromatic carboxylic acids is 1. The van der Waals surface area contributed by atoms with Crippen molar-refractivity contribution in [2.24, 2.45) is 4.99 Å². The summed E-state index contributed by atoms with van der Waals surface area (Å²) in [5.41, 5.74) is -1.51. The second-order valence-electron chi connectivity index (χ2n) is 5.25. The standard InChI is InChI=1S/C18H13N3O5/c22-15-13(10-19-14-9-5-4-8-12(14)17(24)25)16(23)21(18(26)20-15)11-6-2-1-3-7-11/h1-10,23H,(H,24,25)(H,20,22,26). The second-order valence-corrected chi connectivity index (χ2v) is 5.25. The molecule has 0 amide bonds. The molecule has 0 aliphatic heterocycles. The number of aromatic nitrogens is 2. The first kappa shape index (κ1) is 16.9. The summed E-state index contributed by atoms with van der Waals surface area (Å²) in [5.74, 6) is -1.77. The van der Waals surface area contributed by atoms with Gasteiger partial charge >= 0.3 is 11.7 Å². The molecule has 1 aromatic heterocycles. The third-order valence-corrected chi connectivity index (χ3v) is 3.60. The van der Waals surface area contributed by atoms with E-state index in [9.17, 15) is 19.5 Å². The van der Waals surface area contributed by atoms with E-state index in [4.69, 9.17) is 5.11 Å². The quantitative estimate of drug-likeness (QED) is 0.617. The minimum atomic E-state index is -1.18. The lowest BCUT2D eigenvalue weighted by Crippen LogP contribution is -2.31. The van der Waals surface area contributed by atoms with Gasteiger partial charge in [-0.2, -0.15) is 0 Å². The van der Waals surface area contributed by atoms with E-state index >= 15 is 0 Å². The Kier molecular flexibility index (Phi) is 4.48. The number of nitrogens with zero attached hydrogens (tertiary/aromatic N) is 2. The number of rotatable bonds is 4. The van der Waals surface area contributed by atoms with Crippen molar-refractivity contribution in [1.82, 2.24) is 9.55 Å². The highest BCUT2D eigenvalue weighted by Crippen LogP contribution is 2.20. The molecule has 1 heterocycles. The van der Waals surface area contributed by atoms with Gasteiger partial charge in [0.25, 0.3) is 5.56 Å². The van der Waals surface area contributed by atoms with Gasteiger partial charge < -0.3 is 10.2 Å². The average molecular weight is 351 g/mol. The SMILES string of the molecule is O=C(O)c1ccccc1N=Cc1c(O)n(-c2ccccc2)c(=O)[nH]c1=O. The van der Waals surface area contributed by atoms with E-state index in [2.05, 4.69) is 9.98 Å². The van der Waals surface area contributed by atoms with Crippen LogP contribution in [-0.2, 0) is 0 Å². The van der Waals surface area contributed by atoms with Crippen molar-refractivity contribution in [3.05, 3.63) is 86.6 Å². The number of H-pyrrole nitrogens is 1. The molecule has 0 atom stereocenters. The van der Waals surface area contributed by atoms with Gasteiger partial charge in [-0.05, 0) is 24.3 Å². The van der Waals surface area contributed by atoms with Gasteiger partial charge in [0, 0.05) is 6.21 Å². The fourth-order valence-electron chi connectivity index (χ4n) is 2.37. The molecule has 26 heavy (non-hydrogen) atoms. The highest BCUT2D eigenvalue weighted by atomic mass is 16.4. The molecule has 0 saturated carbocycles. The lowest BCUT2D eigenvalue weighted by atomic mass is 10.2. The summed E-state index contributed by atoms with van der Waals surface area (Å²) in [6.07, 6.45) is 1.02. The van der Waals surface area contributed by atoms with E-state index in [-0.39, 0.29) is 16.8 Å². The van der Waals surface area contributed by atoms with E-state index in [0.717, 1.165) is 10.8 Å². The lowest BCUT2D eigenvalue weighted by molar-refractivity contribution is 0.0698. The lowest BCUT2D eigenvalue weighted by Gasteiger charge is -2.09. The molecule has 0 saturated heterocycles. The Hall–Kier alpha value is -3.94. The van der Waals surface area contributed by atoms with E-state index in [1.54, 1.807) is 42.5 Å². The minimum absolute atomic E-state index is 0.0592. The molecule has 0 aliphatic rings. The molecule has 130 valence electrons. The number of para-hydroxylation sites is 2. The van der Waals surface area contributed by atoms with Crippen LogP contribution < -0.4 is 11.2 Å². The molecule has 0 unspecified atom stereocenters. The zero-order valence-electron chi connectivity index (χ0n) is 13.3. The van der Waals surface area contributed by atoms with Crippen molar-refractivity contribution in [1.29, 1.82) is 0 Å². The maximum atomic E-state index is 12.1. The van der Waals surface area contributed by atoms with Crippen LogP contribution in [-0.4, -0.2) is 31.9 Å². The minimum Gasteiger partial charge on any atom is -0.493 e. The normalized spacial score (nSPS) is 10.9. The van der Waals surface area contributed by atoms with Crippen molar-refractivity contribution >= 4 is 17.9 Å². The largest absolute Gasteiger partial charge is 0.493 e. The Labute approximate surface area is 146 Å². The van der Waals surface area contributed by atoms with Crippen LogP contribution in [0, 0.1) is 0 Å². The third kappa shape index (κ3) is 3.16. The Balaban J connectivity index is 2.14. The van der Waals surface area contributed by atoms with Gasteiger partial charge in [0.2, 0.25) is 5.88 Å². The summed E-state index contributed by atoms with van der Waals surface area (Å²) in [6, 6.07) is 14.2. The molecule has 3 rings (SSSR count). The van der Waals surface area contributed by atoms with Crippen molar-refractivity contribution < 1.29 is 15.0 Å². The summed E-state index contributed by atoms with van der Waals surface area (Å²) in [7, 11) is 0. The van der Waals surface area contributed by atoms with Crippen molar-refractivity contribution in [2.75, 3.05) is 0 Å². The topological polar surface area (TPSA) is 125 Å². The number of carboxylic acid groups (broad SMARTS) is 1. The molecule has 0 fully saturated rings. The molecule has 0 aliphatic carbocycles. The summed E-state index contributed by atoms with van der Waals surface area (Å²) < 4.78 is 0.922. The van der Waals surface area contributed by atoms with E-state index in [1.165, 1.54) is 12.1 Å². The van der Waals surface area contributed by atoms with Crippen LogP contribution >= 0.6 is 0 Å². The molecule has 8 nitrogen and oxygen atoms in total. The van der Waals surface area contributed by atoms with Crippen molar-refractivity contribution in [2.45, 2.75) is 0 Å². The van der Waals surface area contributed by atoms with Crippen LogP contribution in [0.5, 0.6) is 5.88 Å². The molecule has 3 aromatic rings. The highest BCUT2D eigenvalue weighted by Gasteiger charge is 2.14. The Morgan fingerprint density at radius 2 is 1.69 bits per heavy atom. The molecule has 3 N–H and O–H groups in total. The molecular weight excluding hydrogens is 338 g/mol. The maximum Gasteiger partial charge on any atom is 0.337 e. The second kappa shape index (κ2) is 6.89. The zero-order chi connectivity index (χ0) is 18.7. The molecule has 0 bridgehead atoms. The predicted molar refractivity (Wildman–Crippen MR) is 95.0 cm³/mol. The maximum absolute atomic E-state index is 12.1. The summed E-state index contributed by atoms with van der Waals surface area (Å²) >= 11 is 0. The number of aromatic amines is 1. The van der Waals surface area contributed by atoms with Crippen LogP contribution in [0.25, 0.3) is 5.69 Å². The Morgan fingerprint density at radius 3 is 2.38 bits per heavy atom.